The first-order valence-electron chi connectivity index (χ1n) is 4.06. The molecule has 0 aliphatic heterocycles. The molecule has 2 rings (SSSR count). The summed E-state index contributed by atoms with van der Waals surface area (Å²) in [4.78, 5) is 11.0. The van der Waals surface area contributed by atoms with Gasteiger partial charge in [-0.25, -0.2) is 0 Å². The molecule has 14 heavy (non-hydrogen) atoms. The van der Waals surface area contributed by atoms with Gasteiger partial charge in [-0.15, -0.1) is 12.4 Å². The third-order valence-corrected chi connectivity index (χ3v) is 2.06. The maximum atomic E-state index is 11.0. The van der Waals surface area contributed by atoms with Crippen LogP contribution in [0.3, 0.4) is 0 Å². The third kappa shape index (κ3) is 1.70. The van der Waals surface area contributed by atoms with Crippen molar-refractivity contribution in [2.75, 3.05) is 0 Å². The Hall–Kier alpha value is -1.54. The van der Waals surface area contributed by atoms with Crippen molar-refractivity contribution in [1.82, 2.24) is 0 Å². The minimum absolute atomic E-state index is 0. The van der Waals surface area contributed by atoms with E-state index in [9.17, 15) is 4.79 Å². The molecule has 0 unspecified atom stereocenters. The Labute approximate surface area is 88.1 Å². The highest BCUT2D eigenvalue weighted by atomic mass is 35.5. The normalized spacial score (nSPS) is 9.43. The van der Waals surface area contributed by atoms with Crippen LogP contribution in [-0.4, -0.2) is 5.91 Å². The number of halogens is 1. The smallest absolute Gasteiger partial charge is 0.249 e. The number of amides is 1. The van der Waals surface area contributed by atoms with E-state index >= 15 is 0 Å². The van der Waals surface area contributed by atoms with Gasteiger partial charge in [0, 0.05) is 5.56 Å². The van der Waals surface area contributed by atoms with Gasteiger partial charge in [0.1, 0.15) is 0 Å². The molecule has 0 heterocycles. The van der Waals surface area contributed by atoms with Gasteiger partial charge in [-0.3, -0.25) is 4.79 Å². The number of benzene rings is 2. The predicted molar refractivity (Wildman–Crippen MR) is 59.7 cm³/mol. The van der Waals surface area contributed by atoms with Crippen LogP contribution in [0.5, 0.6) is 0 Å². The van der Waals surface area contributed by atoms with Crippen LogP contribution in [0, 0.1) is 0 Å². The predicted octanol–water partition coefficient (Wildman–Crippen LogP) is 2.36. The van der Waals surface area contributed by atoms with Crippen LogP contribution < -0.4 is 5.73 Å². The molecule has 1 amide bonds. The van der Waals surface area contributed by atoms with Crippen molar-refractivity contribution in [3.63, 3.8) is 0 Å². The fourth-order valence-corrected chi connectivity index (χ4v) is 1.44. The minimum atomic E-state index is -0.378. The summed E-state index contributed by atoms with van der Waals surface area (Å²) in [7, 11) is 0. The van der Waals surface area contributed by atoms with E-state index in [1.165, 1.54) is 0 Å². The summed E-state index contributed by atoms with van der Waals surface area (Å²) in [6, 6.07) is 13.2. The molecule has 2 N–H and O–H groups in total. The molecular formula is C11H10ClNO. The average molecular weight is 208 g/mol. The molecule has 0 spiro atoms. The summed E-state index contributed by atoms with van der Waals surface area (Å²) in [5, 5.41) is 1.95. The van der Waals surface area contributed by atoms with Crippen LogP contribution in [0.2, 0.25) is 0 Å². The van der Waals surface area contributed by atoms with Gasteiger partial charge in [0.2, 0.25) is 5.91 Å². The molecule has 0 aliphatic carbocycles. The lowest BCUT2D eigenvalue weighted by molar-refractivity contribution is 0.100. The van der Waals surface area contributed by atoms with Gasteiger partial charge in [-0.1, -0.05) is 36.4 Å². The Morgan fingerprint density at radius 2 is 1.64 bits per heavy atom. The highest BCUT2D eigenvalue weighted by Gasteiger charge is 2.03. The molecule has 2 aromatic rings. The Kier molecular flexibility index (Phi) is 3.10. The van der Waals surface area contributed by atoms with Crippen molar-refractivity contribution in [2.24, 2.45) is 5.73 Å². The molecule has 0 atom stereocenters. The zero-order chi connectivity index (χ0) is 9.26. The Morgan fingerprint density at radius 1 is 1.00 bits per heavy atom. The minimum Gasteiger partial charge on any atom is -0.366 e. The van der Waals surface area contributed by atoms with Crippen molar-refractivity contribution in [2.45, 2.75) is 0 Å². The highest BCUT2D eigenvalue weighted by Crippen LogP contribution is 2.17. The second kappa shape index (κ2) is 4.11. The fourth-order valence-electron chi connectivity index (χ4n) is 1.44. The van der Waals surface area contributed by atoms with Gasteiger partial charge in [0.15, 0.2) is 0 Å². The van der Waals surface area contributed by atoms with Crippen molar-refractivity contribution in [1.29, 1.82) is 0 Å². The van der Waals surface area contributed by atoms with E-state index in [0.29, 0.717) is 5.56 Å². The number of hydrogen-bond acceptors (Lipinski definition) is 1. The number of nitrogens with two attached hydrogens (primary N) is 1. The van der Waals surface area contributed by atoms with E-state index in [1.807, 2.05) is 36.4 Å². The zero-order valence-corrected chi connectivity index (χ0v) is 8.25. The fraction of sp³-hybridized carbons (Fsp3) is 0. The summed E-state index contributed by atoms with van der Waals surface area (Å²) >= 11 is 0. The molecule has 3 heteroatoms. The molecule has 2 nitrogen and oxygen atoms in total. The number of carbonyl (C=O) groups is 1. The van der Waals surface area contributed by atoms with Gasteiger partial charge in [0.05, 0.1) is 0 Å². The highest BCUT2D eigenvalue weighted by molar-refractivity contribution is 6.06. The lowest BCUT2D eigenvalue weighted by Crippen LogP contribution is -2.11. The van der Waals surface area contributed by atoms with E-state index < -0.39 is 0 Å². The Bertz CT molecular complexity index is 462. The molecule has 0 aromatic heterocycles. The quantitative estimate of drug-likeness (QED) is 0.767. The van der Waals surface area contributed by atoms with Gasteiger partial charge in [-0.2, -0.15) is 0 Å². The summed E-state index contributed by atoms with van der Waals surface area (Å²) in [5.41, 5.74) is 5.82. The molecule has 0 saturated heterocycles. The number of carbonyl (C=O) groups excluding carboxylic acids is 1. The molecular weight excluding hydrogens is 198 g/mol. The number of rotatable bonds is 1. The van der Waals surface area contributed by atoms with E-state index in [2.05, 4.69) is 0 Å². The van der Waals surface area contributed by atoms with Crippen LogP contribution in [0.15, 0.2) is 42.5 Å². The first kappa shape index (κ1) is 10.5. The average Bonchev–Trinajstić information content (AvgIpc) is 2.17. The van der Waals surface area contributed by atoms with Crippen LogP contribution in [-0.2, 0) is 0 Å². The third-order valence-electron chi connectivity index (χ3n) is 2.06. The first-order valence-corrected chi connectivity index (χ1v) is 4.06. The Morgan fingerprint density at radius 3 is 2.36 bits per heavy atom. The van der Waals surface area contributed by atoms with Crippen LogP contribution >= 0.6 is 12.4 Å². The van der Waals surface area contributed by atoms with Crippen molar-refractivity contribution >= 4 is 29.1 Å². The van der Waals surface area contributed by atoms with Crippen LogP contribution in [0.4, 0.5) is 0 Å². The van der Waals surface area contributed by atoms with Gasteiger partial charge in [-0.05, 0) is 16.8 Å². The lowest BCUT2D eigenvalue weighted by atomic mass is 10.0. The second-order valence-corrected chi connectivity index (χ2v) is 2.89. The molecule has 0 fully saturated rings. The van der Waals surface area contributed by atoms with E-state index in [-0.39, 0.29) is 18.3 Å². The van der Waals surface area contributed by atoms with E-state index in [0.717, 1.165) is 10.8 Å². The van der Waals surface area contributed by atoms with Gasteiger partial charge < -0.3 is 5.73 Å². The first-order chi connectivity index (χ1) is 6.29. The molecule has 0 radical (unpaired) electrons. The summed E-state index contributed by atoms with van der Waals surface area (Å²) in [5.74, 6) is -0.378. The number of hydrogen-bond donors (Lipinski definition) is 1. The van der Waals surface area contributed by atoms with Gasteiger partial charge in [0.25, 0.3) is 0 Å². The summed E-state index contributed by atoms with van der Waals surface area (Å²) < 4.78 is 0. The SMILES string of the molecule is Cl.NC(=O)c1cccc2ccccc12. The maximum absolute atomic E-state index is 11.0. The van der Waals surface area contributed by atoms with E-state index in [1.54, 1.807) is 6.07 Å². The molecule has 0 saturated carbocycles. The second-order valence-electron chi connectivity index (χ2n) is 2.89. The molecule has 2 aromatic carbocycles. The van der Waals surface area contributed by atoms with Crippen molar-refractivity contribution < 1.29 is 4.79 Å². The molecule has 0 aliphatic rings. The Balaban J connectivity index is 0.000000980. The van der Waals surface area contributed by atoms with Crippen molar-refractivity contribution in [3.05, 3.63) is 48.0 Å². The van der Waals surface area contributed by atoms with Crippen molar-refractivity contribution in [3.8, 4) is 0 Å². The van der Waals surface area contributed by atoms with Gasteiger partial charge >= 0.3 is 0 Å². The zero-order valence-electron chi connectivity index (χ0n) is 7.44. The topological polar surface area (TPSA) is 43.1 Å². The van der Waals surface area contributed by atoms with Crippen LogP contribution in [0.25, 0.3) is 10.8 Å². The number of primary amides is 1. The van der Waals surface area contributed by atoms with Crippen LogP contribution in [0.1, 0.15) is 10.4 Å². The van der Waals surface area contributed by atoms with E-state index in [4.69, 9.17) is 5.73 Å². The molecule has 72 valence electrons. The monoisotopic (exact) mass is 207 g/mol. The maximum Gasteiger partial charge on any atom is 0.249 e. The summed E-state index contributed by atoms with van der Waals surface area (Å²) in [6.07, 6.45) is 0. The summed E-state index contributed by atoms with van der Waals surface area (Å²) in [6.45, 7) is 0. The lowest BCUT2D eigenvalue weighted by Gasteiger charge is -2.01. The standard InChI is InChI=1S/C11H9NO.ClH/c12-11(13)10-7-3-5-8-4-1-2-6-9(8)10;/h1-7H,(H2,12,13);1H. The largest absolute Gasteiger partial charge is 0.366 e. The molecule has 0 bridgehead atoms. The number of fused-ring (bicyclic) bond motifs is 1.